The van der Waals surface area contributed by atoms with E-state index in [-0.39, 0.29) is 58.9 Å². The summed E-state index contributed by atoms with van der Waals surface area (Å²) in [4.78, 5) is 0. The van der Waals surface area contributed by atoms with Gasteiger partial charge in [-0.15, -0.1) is 0 Å². The van der Waals surface area contributed by atoms with Gasteiger partial charge in [0.25, 0.3) is 0 Å². The molecule has 0 heterocycles. The van der Waals surface area contributed by atoms with Gasteiger partial charge in [0.1, 0.15) is 0 Å². The van der Waals surface area contributed by atoms with E-state index < -0.39 is 8.07 Å². The van der Waals surface area contributed by atoms with Crippen LogP contribution in [-0.2, 0) is 21.7 Å². The van der Waals surface area contributed by atoms with Gasteiger partial charge in [0.15, 0.2) is 0 Å². The average molecular weight is 618 g/mol. The SMILES string of the molecule is CCCCC1=C([Si](c2cc(C)cc(C)c2)(c2cc(C)cc(C)c2)c2cc(C)cc(C)c2)CC=[C-]1.[Cl-].[Cl-].[Cl-].[Ti+4]. The summed E-state index contributed by atoms with van der Waals surface area (Å²) < 4.78 is 0. The molecule has 0 radical (unpaired) electrons. The van der Waals surface area contributed by atoms with Gasteiger partial charge in [0.2, 0.25) is 0 Å². The first kappa shape index (κ1) is 36.9. The van der Waals surface area contributed by atoms with Crippen molar-refractivity contribution < 1.29 is 58.9 Å². The molecular weight excluding hydrogens is 579 g/mol. The van der Waals surface area contributed by atoms with Crippen LogP contribution in [0.25, 0.3) is 0 Å². The molecule has 5 heteroatoms. The maximum absolute atomic E-state index is 3.73. The van der Waals surface area contributed by atoms with Crippen molar-refractivity contribution in [1.82, 2.24) is 0 Å². The molecule has 4 rings (SSSR count). The predicted octanol–water partition coefficient (Wildman–Crippen LogP) is -2.19. The summed E-state index contributed by atoms with van der Waals surface area (Å²) in [7, 11) is -2.51. The normalized spacial score (nSPS) is 12.3. The van der Waals surface area contributed by atoms with E-state index in [1.807, 2.05) is 0 Å². The Morgan fingerprint density at radius 3 is 1.26 bits per heavy atom. The molecule has 0 nitrogen and oxygen atoms in total. The predicted molar refractivity (Wildman–Crippen MR) is 151 cm³/mol. The number of hydrogen-bond acceptors (Lipinski definition) is 0. The molecular formula is C33H39Cl3SiTi. The van der Waals surface area contributed by atoms with Gasteiger partial charge in [-0.3, -0.25) is 6.08 Å². The second-order valence-corrected chi connectivity index (χ2v) is 14.3. The van der Waals surface area contributed by atoms with E-state index in [4.69, 9.17) is 0 Å². The van der Waals surface area contributed by atoms with Crippen molar-refractivity contribution in [3.63, 3.8) is 0 Å². The number of halogens is 3. The van der Waals surface area contributed by atoms with Crippen LogP contribution >= 0.6 is 0 Å². The summed E-state index contributed by atoms with van der Waals surface area (Å²) in [6.45, 7) is 15.8. The molecule has 0 aromatic heterocycles. The molecule has 0 N–H and O–H groups in total. The molecule has 1 aliphatic rings. The summed E-state index contributed by atoms with van der Waals surface area (Å²) in [6.07, 6.45) is 10.6. The molecule has 0 fully saturated rings. The Morgan fingerprint density at radius 1 is 0.605 bits per heavy atom. The van der Waals surface area contributed by atoms with Crippen molar-refractivity contribution in [2.45, 2.75) is 74.1 Å². The third kappa shape index (κ3) is 7.57. The first-order chi connectivity index (χ1) is 16.2. The van der Waals surface area contributed by atoms with E-state index in [1.54, 1.807) is 5.20 Å². The summed E-state index contributed by atoms with van der Waals surface area (Å²) in [5, 5.41) is 6.18. The van der Waals surface area contributed by atoms with Gasteiger partial charge in [0, 0.05) is 0 Å². The van der Waals surface area contributed by atoms with Crippen LogP contribution in [-0.4, -0.2) is 8.07 Å². The van der Waals surface area contributed by atoms with Crippen LogP contribution in [0, 0.1) is 47.6 Å². The van der Waals surface area contributed by atoms with E-state index in [0.717, 1.165) is 12.8 Å². The largest absolute Gasteiger partial charge is 4.00 e. The molecule has 3 aromatic carbocycles. The fraction of sp³-hybridized carbons (Fsp3) is 0.333. The second kappa shape index (κ2) is 15.7. The van der Waals surface area contributed by atoms with E-state index in [1.165, 1.54) is 67.4 Å². The summed E-state index contributed by atoms with van der Waals surface area (Å²) in [5.41, 5.74) is 9.58. The standard InChI is InChI=1S/C33H39Si.3ClH.Ti/c1-8-9-11-29-12-10-13-33(29)34(30-17-23(2)14-24(3)18-30,31-19-25(4)15-26(5)20-31)32-21-27(6)16-28(7)22-32;;;;/h10,14-22H,8-9,11,13H2,1-7H3;3*1H;/q-1;;;;+4/p-3. The van der Waals surface area contributed by atoms with E-state index >= 15 is 0 Å². The molecule has 0 unspecified atom stereocenters. The van der Waals surface area contributed by atoms with Gasteiger partial charge >= 0.3 is 21.7 Å². The zero-order valence-electron chi connectivity index (χ0n) is 23.7. The minimum absolute atomic E-state index is 0. The maximum Gasteiger partial charge on any atom is 4.00 e. The number of unbranched alkanes of at least 4 members (excludes halogenated alkanes) is 1. The average Bonchev–Trinajstić information content (AvgIpc) is 3.19. The number of rotatable bonds is 7. The van der Waals surface area contributed by atoms with Crippen LogP contribution in [0.2, 0.25) is 0 Å². The van der Waals surface area contributed by atoms with Crippen LogP contribution in [0.3, 0.4) is 0 Å². The van der Waals surface area contributed by atoms with Gasteiger partial charge in [-0.25, -0.2) is 10.8 Å². The van der Waals surface area contributed by atoms with Crippen LogP contribution < -0.4 is 52.8 Å². The van der Waals surface area contributed by atoms with Crippen molar-refractivity contribution in [3.8, 4) is 0 Å². The van der Waals surface area contributed by atoms with Crippen molar-refractivity contribution in [3.05, 3.63) is 111 Å². The molecule has 0 saturated heterocycles. The van der Waals surface area contributed by atoms with Crippen LogP contribution in [0.1, 0.15) is 66.0 Å². The molecule has 200 valence electrons. The second-order valence-electron chi connectivity index (χ2n) is 10.5. The van der Waals surface area contributed by atoms with Gasteiger partial charge in [-0.2, -0.15) is 6.08 Å². The summed E-state index contributed by atoms with van der Waals surface area (Å²) >= 11 is 0. The van der Waals surface area contributed by atoms with Crippen LogP contribution in [0.4, 0.5) is 0 Å². The van der Waals surface area contributed by atoms with Gasteiger partial charge in [0.05, 0.1) is 8.07 Å². The number of allylic oxidation sites excluding steroid dienone is 4. The van der Waals surface area contributed by atoms with Gasteiger partial charge in [-0.05, 0) is 41.5 Å². The Labute approximate surface area is 265 Å². The molecule has 3 aromatic rings. The molecule has 0 aliphatic heterocycles. The van der Waals surface area contributed by atoms with Crippen molar-refractivity contribution in [2.24, 2.45) is 0 Å². The molecule has 38 heavy (non-hydrogen) atoms. The third-order valence-corrected chi connectivity index (χ3v) is 12.0. The maximum atomic E-state index is 3.73. The summed E-state index contributed by atoms with van der Waals surface area (Å²) in [6, 6.07) is 21.9. The van der Waals surface area contributed by atoms with Crippen LogP contribution in [0.5, 0.6) is 0 Å². The smallest absolute Gasteiger partial charge is 1.00 e. The number of benzene rings is 3. The first-order valence-electron chi connectivity index (χ1n) is 12.8. The molecule has 0 bridgehead atoms. The minimum Gasteiger partial charge on any atom is -1.00 e. The first-order valence-corrected chi connectivity index (χ1v) is 14.8. The van der Waals surface area contributed by atoms with E-state index in [2.05, 4.69) is 115 Å². The zero-order chi connectivity index (χ0) is 24.5. The molecule has 0 amide bonds. The zero-order valence-corrected chi connectivity index (χ0v) is 28.6. The third-order valence-electron chi connectivity index (χ3n) is 7.14. The van der Waals surface area contributed by atoms with Gasteiger partial charge < -0.3 is 37.2 Å². The Kier molecular flexibility index (Phi) is 15.2. The molecule has 0 spiro atoms. The Bertz CT molecular complexity index is 1110. The Morgan fingerprint density at radius 2 is 0.947 bits per heavy atom. The van der Waals surface area contributed by atoms with E-state index in [0.29, 0.717) is 0 Å². The fourth-order valence-corrected chi connectivity index (χ4v) is 11.8. The van der Waals surface area contributed by atoms with Crippen molar-refractivity contribution in [1.29, 1.82) is 0 Å². The number of hydrogen-bond donors (Lipinski definition) is 0. The topological polar surface area (TPSA) is 0 Å². The Balaban J connectivity index is 0.00000342. The van der Waals surface area contributed by atoms with Crippen LogP contribution in [0.15, 0.2) is 71.4 Å². The van der Waals surface area contributed by atoms with Gasteiger partial charge in [-0.1, -0.05) is 136 Å². The Hall–Kier alpha value is -1.06. The summed E-state index contributed by atoms with van der Waals surface area (Å²) in [5.74, 6) is 0. The molecule has 1 aliphatic carbocycles. The monoisotopic (exact) mass is 616 g/mol. The quantitative estimate of drug-likeness (QED) is 0.161. The molecule has 0 atom stereocenters. The molecule has 0 saturated carbocycles. The van der Waals surface area contributed by atoms with Crippen molar-refractivity contribution >= 4 is 23.6 Å². The van der Waals surface area contributed by atoms with E-state index in [9.17, 15) is 0 Å². The number of aryl methyl sites for hydroxylation is 6. The fourth-order valence-electron chi connectivity index (χ4n) is 6.04. The van der Waals surface area contributed by atoms with Crippen molar-refractivity contribution in [2.75, 3.05) is 0 Å². The minimum atomic E-state index is -2.51.